The van der Waals surface area contributed by atoms with Crippen molar-refractivity contribution < 1.29 is 5.32 Å². The SMILES string of the molecule is CC1(C)CC(N=C2C=CC3=N[C@]45CCCC[C@@H]4CC4=C(CCCC4)N5C3=C2)CC(C)(C)[NH2+]1. The first-order valence-electron chi connectivity index (χ1n) is 13.2. The smallest absolute Gasteiger partial charge is 0.139 e. The van der Waals surface area contributed by atoms with Crippen molar-refractivity contribution in [2.45, 2.75) is 121 Å². The number of nitrogens with two attached hydrogens (primary N) is 1. The van der Waals surface area contributed by atoms with Crippen LogP contribution in [0.15, 0.2) is 45.2 Å². The van der Waals surface area contributed by atoms with E-state index in [1.165, 1.54) is 69.2 Å². The molecule has 0 radical (unpaired) electrons. The van der Waals surface area contributed by atoms with Gasteiger partial charge in [0.2, 0.25) is 0 Å². The summed E-state index contributed by atoms with van der Waals surface area (Å²) in [4.78, 5) is 13.6. The zero-order chi connectivity index (χ0) is 22.1. The van der Waals surface area contributed by atoms with Crippen LogP contribution in [-0.4, -0.2) is 39.1 Å². The lowest BCUT2D eigenvalue weighted by Gasteiger charge is -2.52. The third-order valence-corrected chi connectivity index (χ3v) is 8.85. The van der Waals surface area contributed by atoms with Crippen LogP contribution in [0.25, 0.3) is 0 Å². The number of piperidine rings is 1. The summed E-state index contributed by atoms with van der Waals surface area (Å²) in [5.74, 6) is 0.691. The molecule has 2 N–H and O–H groups in total. The molecule has 4 nitrogen and oxygen atoms in total. The molecule has 3 aliphatic carbocycles. The van der Waals surface area contributed by atoms with Crippen molar-refractivity contribution in [3.05, 3.63) is 35.2 Å². The van der Waals surface area contributed by atoms with Crippen molar-refractivity contribution in [3.8, 4) is 0 Å². The van der Waals surface area contributed by atoms with Crippen molar-refractivity contribution in [1.29, 1.82) is 0 Å². The summed E-state index contributed by atoms with van der Waals surface area (Å²) in [6, 6.07) is 0.392. The Morgan fingerprint density at radius 1 is 1.00 bits per heavy atom. The number of quaternary nitrogens is 1. The van der Waals surface area contributed by atoms with Gasteiger partial charge in [-0.1, -0.05) is 12.0 Å². The molecule has 3 heterocycles. The Kier molecular flexibility index (Phi) is 4.67. The Bertz CT molecular complexity index is 959. The molecule has 0 amide bonds. The molecule has 0 aromatic heterocycles. The van der Waals surface area contributed by atoms with Crippen molar-refractivity contribution in [3.63, 3.8) is 0 Å². The number of rotatable bonds is 1. The Morgan fingerprint density at radius 2 is 1.78 bits per heavy atom. The van der Waals surface area contributed by atoms with Crippen LogP contribution in [0.5, 0.6) is 0 Å². The van der Waals surface area contributed by atoms with Gasteiger partial charge in [0.05, 0.1) is 34.2 Å². The molecule has 6 rings (SSSR count). The maximum Gasteiger partial charge on any atom is 0.139 e. The highest BCUT2D eigenvalue weighted by atomic mass is 15.4. The second-order valence-electron chi connectivity index (χ2n) is 12.7. The van der Waals surface area contributed by atoms with Crippen LogP contribution in [0.3, 0.4) is 0 Å². The molecule has 0 bridgehead atoms. The van der Waals surface area contributed by atoms with Crippen LogP contribution >= 0.6 is 0 Å². The summed E-state index contributed by atoms with van der Waals surface area (Å²) in [6.07, 6.45) is 21.0. The first-order chi connectivity index (χ1) is 15.2. The molecular formula is C28H41N4+. The van der Waals surface area contributed by atoms with E-state index < -0.39 is 0 Å². The number of aliphatic imine (C=N–C) groups is 2. The van der Waals surface area contributed by atoms with E-state index in [1.54, 1.807) is 11.3 Å². The Hall–Kier alpha value is -1.68. The van der Waals surface area contributed by atoms with Crippen molar-refractivity contribution in [2.75, 3.05) is 0 Å². The van der Waals surface area contributed by atoms with E-state index in [9.17, 15) is 0 Å². The standard InChI is InChI=1S/C28H40N4/c1-26(2)17-22(18-27(3,4)31-26)29-21-12-13-23-25(16-21)32-24-11-6-5-9-19(24)15-20-10-7-8-14-28(20,32)30-23/h12-13,16,20,22,31H,5-11,14-15,17-18H2,1-4H3/p+1/t20-,28+/m1/s1. The molecule has 2 atom stereocenters. The molecule has 0 aromatic rings. The van der Waals surface area contributed by atoms with Crippen LogP contribution in [0.4, 0.5) is 0 Å². The molecule has 3 aliphatic heterocycles. The topological polar surface area (TPSA) is 44.6 Å². The second-order valence-corrected chi connectivity index (χ2v) is 12.7. The molecule has 1 spiro atoms. The molecule has 0 unspecified atom stereocenters. The Labute approximate surface area is 194 Å². The highest BCUT2D eigenvalue weighted by Crippen LogP contribution is 2.55. The maximum atomic E-state index is 5.50. The third kappa shape index (κ3) is 3.36. The number of allylic oxidation sites excluding steroid dienone is 5. The molecule has 1 saturated carbocycles. The largest absolute Gasteiger partial charge is 0.337 e. The summed E-state index contributed by atoms with van der Waals surface area (Å²) in [5.41, 5.74) is 7.59. The summed E-state index contributed by atoms with van der Waals surface area (Å²) in [7, 11) is 0. The van der Waals surface area contributed by atoms with Crippen molar-refractivity contribution in [2.24, 2.45) is 15.9 Å². The van der Waals surface area contributed by atoms with Gasteiger partial charge < -0.3 is 10.2 Å². The van der Waals surface area contributed by atoms with Crippen LogP contribution in [0.2, 0.25) is 0 Å². The fourth-order valence-electron chi connectivity index (χ4n) is 8.13. The summed E-state index contributed by atoms with van der Waals surface area (Å²) >= 11 is 0. The van der Waals surface area contributed by atoms with Crippen molar-refractivity contribution in [1.82, 2.24) is 4.90 Å². The zero-order valence-corrected chi connectivity index (χ0v) is 20.6. The predicted molar refractivity (Wildman–Crippen MR) is 132 cm³/mol. The Morgan fingerprint density at radius 3 is 2.59 bits per heavy atom. The van der Waals surface area contributed by atoms with E-state index in [1.807, 2.05) is 0 Å². The third-order valence-electron chi connectivity index (χ3n) is 8.85. The normalized spacial score (nSPS) is 36.8. The molecule has 4 heteroatoms. The van der Waals surface area contributed by atoms with E-state index in [0.717, 1.165) is 18.6 Å². The van der Waals surface area contributed by atoms with E-state index in [2.05, 4.69) is 56.1 Å². The minimum absolute atomic E-state index is 0.000833. The Balaban J connectivity index is 1.38. The summed E-state index contributed by atoms with van der Waals surface area (Å²) < 4.78 is 0. The zero-order valence-electron chi connectivity index (χ0n) is 20.6. The van der Waals surface area contributed by atoms with Gasteiger partial charge in [0.1, 0.15) is 5.66 Å². The molecule has 0 aromatic carbocycles. The lowest BCUT2D eigenvalue weighted by Crippen LogP contribution is -3.05. The van der Waals surface area contributed by atoms with Gasteiger partial charge in [-0.25, -0.2) is 0 Å². The van der Waals surface area contributed by atoms with Gasteiger partial charge >= 0.3 is 0 Å². The molecule has 1 saturated heterocycles. The predicted octanol–water partition coefficient (Wildman–Crippen LogP) is 5.04. The van der Waals surface area contributed by atoms with E-state index in [4.69, 9.17) is 9.98 Å². The first-order valence-corrected chi connectivity index (χ1v) is 13.2. The minimum Gasteiger partial charge on any atom is -0.337 e. The van der Waals surface area contributed by atoms with Gasteiger partial charge in [-0.15, -0.1) is 0 Å². The molecular weight excluding hydrogens is 392 g/mol. The van der Waals surface area contributed by atoms with Crippen molar-refractivity contribution >= 4 is 11.4 Å². The summed E-state index contributed by atoms with van der Waals surface area (Å²) in [5, 5.41) is 2.55. The summed E-state index contributed by atoms with van der Waals surface area (Å²) in [6.45, 7) is 9.48. The average Bonchev–Trinajstić information content (AvgIpc) is 3.03. The highest BCUT2D eigenvalue weighted by molar-refractivity contribution is 6.22. The van der Waals surface area contributed by atoms with Crippen LogP contribution in [0.1, 0.15) is 98.3 Å². The number of hydrogen-bond donors (Lipinski definition) is 1. The van der Waals surface area contributed by atoms with Gasteiger partial charge in [0.25, 0.3) is 0 Å². The minimum atomic E-state index is -0.000833. The molecule has 6 aliphatic rings. The maximum absolute atomic E-state index is 5.50. The number of fused-ring (bicyclic) bond motifs is 3. The fourth-order valence-corrected chi connectivity index (χ4v) is 8.13. The first kappa shape index (κ1) is 20.9. The van der Waals surface area contributed by atoms with E-state index >= 15 is 0 Å². The molecule has 2 fully saturated rings. The van der Waals surface area contributed by atoms with Gasteiger partial charge in [-0.3, -0.25) is 9.98 Å². The lowest BCUT2D eigenvalue weighted by molar-refractivity contribution is -0.787. The van der Waals surface area contributed by atoms with Gasteiger partial charge in [-0.05, 0) is 97.3 Å². The highest BCUT2D eigenvalue weighted by Gasteiger charge is 2.55. The second kappa shape index (κ2) is 7.16. The van der Waals surface area contributed by atoms with Gasteiger partial charge in [-0.2, -0.15) is 0 Å². The average molecular weight is 434 g/mol. The number of nitrogens with zero attached hydrogens (tertiary/aromatic N) is 3. The lowest BCUT2D eigenvalue weighted by atomic mass is 9.70. The van der Waals surface area contributed by atoms with Crippen LogP contribution in [-0.2, 0) is 0 Å². The molecule has 32 heavy (non-hydrogen) atoms. The molecule has 172 valence electrons. The van der Waals surface area contributed by atoms with Crippen LogP contribution in [0, 0.1) is 5.92 Å². The monoisotopic (exact) mass is 433 g/mol. The van der Waals surface area contributed by atoms with Gasteiger partial charge in [0.15, 0.2) is 0 Å². The fraction of sp³-hybridized carbons (Fsp3) is 0.714. The van der Waals surface area contributed by atoms with E-state index in [-0.39, 0.29) is 16.7 Å². The quantitative estimate of drug-likeness (QED) is 0.579. The van der Waals surface area contributed by atoms with Crippen LogP contribution < -0.4 is 5.32 Å². The van der Waals surface area contributed by atoms with E-state index in [0.29, 0.717) is 12.0 Å². The van der Waals surface area contributed by atoms with Gasteiger partial charge in [0, 0.05) is 24.5 Å². The number of hydrogen-bond acceptors (Lipinski definition) is 3.